The molecule has 0 aliphatic carbocycles. The van der Waals surface area contributed by atoms with Crippen molar-refractivity contribution in [1.82, 2.24) is 10.2 Å². The van der Waals surface area contributed by atoms with Crippen LogP contribution in [0.4, 0.5) is 5.69 Å². The highest BCUT2D eigenvalue weighted by Crippen LogP contribution is 2.19. The van der Waals surface area contributed by atoms with Crippen LogP contribution in [-0.2, 0) is 11.3 Å². The molecule has 118 valence electrons. The van der Waals surface area contributed by atoms with Crippen LogP contribution in [0.25, 0.3) is 0 Å². The number of benzene rings is 1. The van der Waals surface area contributed by atoms with Crippen molar-refractivity contribution < 1.29 is 4.79 Å². The van der Waals surface area contributed by atoms with Crippen LogP contribution in [0.5, 0.6) is 0 Å². The Balaban J connectivity index is 0.00000220. The minimum Gasteiger partial charge on any atom is -0.399 e. The van der Waals surface area contributed by atoms with E-state index in [1.807, 2.05) is 18.2 Å². The van der Waals surface area contributed by atoms with Crippen molar-refractivity contribution in [3.63, 3.8) is 0 Å². The first-order chi connectivity index (χ1) is 9.69. The van der Waals surface area contributed by atoms with Crippen molar-refractivity contribution >= 4 is 24.0 Å². The standard InChI is InChI=1S/C16H25N3O.ClH/c1-2-8-18-16(20)14-6-9-19(10-7-14)12-13-4-3-5-15(17)11-13;/h3-5,11,14H,2,6-10,12,17H2,1H3,(H,18,20);1H. The third kappa shape index (κ3) is 5.56. The van der Waals surface area contributed by atoms with E-state index in [0.717, 1.165) is 51.1 Å². The van der Waals surface area contributed by atoms with Gasteiger partial charge in [0.15, 0.2) is 0 Å². The predicted octanol–water partition coefficient (Wildman–Crippen LogP) is 2.43. The quantitative estimate of drug-likeness (QED) is 0.821. The lowest BCUT2D eigenvalue weighted by molar-refractivity contribution is -0.126. The van der Waals surface area contributed by atoms with E-state index < -0.39 is 0 Å². The highest BCUT2D eigenvalue weighted by Gasteiger charge is 2.24. The fraction of sp³-hybridized carbons (Fsp3) is 0.562. The molecule has 3 N–H and O–H groups in total. The zero-order valence-electron chi connectivity index (χ0n) is 12.7. The van der Waals surface area contributed by atoms with Crippen molar-refractivity contribution in [3.8, 4) is 0 Å². The van der Waals surface area contributed by atoms with Gasteiger partial charge in [-0.15, -0.1) is 12.4 Å². The lowest BCUT2D eigenvalue weighted by atomic mass is 9.95. The van der Waals surface area contributed by atoms with E-state index in [0.29, 0.717) is 0 Å². The molecule has 0 aromatic heterocycles. The number of hydrogen-bond donors (Lipinski definition) is 2. The van der Waals surface area contributed by atoms with E-state index in [2.05, 4.69) is 23.2 Å². The third-order valence-electron chi connectivity index (χ3n) is 3.86. The van der Waals surface area contributed by atoms with Crippen LogP contribution in [0.1, 0.15) is 31.7 Å². The molecule has 1 aromatic rings. The molecule has 1 aliphatic heterocycles. The summed E-state index contributed by atoms with van der Waals surface area (Å²) in [5, 5.41) is 3.00. The Hall–Kier alpha value is -1.26. The molecule has 1 saturated heterocycles. The molecule has 0 atom stereocenters. The van der Waals surface area contributed by atoms with Crippen LogP contribution in [0.2, 0.25) is 0 Å². The van der Waals surface area contributed by atoms with Gasteiger partial charge in [0.1, 0.15) is 0 Å². The van der Waals surface area contributed by atoms with Crippen LogP contribution in [0, 0.1) is 5.92 Å². The molecule has 0 spiro atoms. The fourth-order valence-corrected chi connectivity index (χ4v) is 2.70. The number of rotatable bonds is 5. The summed E-state index contributed by atoms with van der Waals surface area (Å²) in [5.41, 5.74) is 7.87. The Kier molecular flexibility index (Phi) is 7.54. The van der Waals surface area contributed by atoms with Crippen LogP contribution in [0.15, 0.2) is 24.3 Å². The molecule has 0 radical (unpaired) electrons. The lowest BCUT2D eigenvalue weighted by Gasteiger charge is -2.31. The summed E-state index contributed by atoms with van der Waals surface area (Å²) < 4.78 is 0. The van der Waals surface area contributed by atoms with Crippen molar-refractivity contribution in [3.05, 3.63) is 29.8 Å². The smallest absolute Gasteiger partial charge is 0.223 e. The Morgan fingerprint density at radius 1 is 1.38 bits per heavy atom. The minimum absolute atomic E-state index is 0. The molecule has 1 heterocycles. The molecule has 1 aromatic carbocycles. The van der Waals surface area contributed by atoms with Gasteiger partial charge in [-0.3, -0.25) is 9.69 Å². The van der Waals surface area contributed by atoms with Crippen molar-refractivity contribution in [2.75, 3.05) is 25.4 Å². The zero-order chi connectivity index (χ0) is 14.4. The maximum atomic E-state index is 11.9. The summed E-state index contributed by atoms with van der Waals surface area (Å²) in [5.74, 6) is 0.425. The van der Waals surface area contributed by atoms with E-state index in [9.17, 15) is 4.79 Å². The number of likely N-dealkylation sites (tertiary alicyclic amines) is 1. The van der Waals surface area contributed by atoms with Gasteiger partial charge in [-0.2, -0.15) is 0 Å². The van der Waals surface area contributed by atoms with Crippen LogP contribution in [-0.4, -0.2) is 30.4 Å². The molecule has 21 heavy (non-hydrogen) atoms. The monoisotopic (exact) mass is 311 g/mol. The Labute approximate surface area is 133 Å². The first-order valence-corrected chi connectivity index (χ1v) is 7.53. The number of piperidine rings is 1. The zero-order valence-corrected chi connectivity index (χ0v) is 13.5. The predicted molar refractivity (Wildman–Crippen MR) is 89.4 cm³/mol. The SMILES string of the molecule is CCCNC(=O)C1CCN(Cc2cccc(N)c2)CC1.Cl. The first-order valence-electron chi connectivity index (χ1n) is 7.53. The number of nitrogen functional groups attached to an aromatic ring is 1. The molecule has 2 rings (SSSR count). The fourth-order valence-electron chi connectivity index (χ4n) is 2.70. The van der Waals surface area contributed by atoms with Gasteiger partial charge in [0, 0.05) is 24.7 Å². The van der Waals surface area contributed by atoms with Gasteiger partial charge in [0.05, 0.1) is 0 Å². The number of carbonyl (C=O) groups excluding carboxylic acids is 1. The van der Waals surface area contributed by atoms with Crippen LogP contribution in [0.3, 0.4) is 0 Å². The summed E-state index contributed by atoms with van der Waals surface area (Å²) in [6.07, 6.45) is 2.91. The van der Waals surface area contributed by atoms with E-state index in [1.165, 1.54) is 5.56 Å². The van der Waals surface area contributed by atoms with Crippen molar-refractivity contribution in [2.24, 2.45) is 5.92 Å². The topological polar surface area (TPSA) is 58.4 Å². The molecule has 0 saturated carbocycles. The number of halogens is 1. The Morgan fingerprint density at radius 3 is 2.71 bits per heavy atom. The summed E-state index contributed by atoms with van der Waals surface area (Å²) >= 11 is 0. The highest BCUT2D eigenvalue weighted by atomic mass is 35.5. The van der Waals surface area contributed by atoms with Gasteiger partial charge in [0.25, 0.3) is 0 Å². The molecule has 0 unspecified atom stereocenters. The molecule has 1 aliphatic rings. The van der Waals surface area contributed by atoms with E-state index in [4.69, 9.17) is 5.73 Å². The van der Waals surface area contributed by atoms with Crippen LogP contribution >= 0.6 is 12.4 Å². The Bertz CT molecular complexity index is 445. The molecule has 0 bridgehead atoms. The summed E-state index contributed by atoms with van der Waals surface area (Å²) in [4.78, 5) is 14.3. The molecular formula is C16H26ClN3O. The summed E-state index contributed by atoms with van der Waals surface area (Å²) in [6, 6.07) is 8.04. The molecule has 4 nitrogen and oxygen atoms in total. The number of nitrogens with zero attached hydrogens (tertiary/aromatic N) is 1. The normalized spacial score (nSPS) is 16.2. The van der Waals surface area contributed by atoms with E-state index in [1.54, 1.807) is 0 Å². The molecular weight excluding hydrogens is 286 g/mol. The van der Waals surface area contributed by atoms with Gasteiger partial charge < -0.3 is 11.1 Å². The average molecular weight is 312 g/mol. The van der Waals surface area contributed by atoms with Gasteiger partial charge in [-0.1, -0.05) is 19.1 Å². The largest absolute Gasteiger partial charge is 0.399 e. The number of carbonyl (C=O) groups is 1. The summed E-state index contributed by atoms with van der Waals surface area (Å²) in [6.45, 7) is 5.77. The van der Waals surface area contributed by atoms with E-state index in [-0.39, 0.29) is 24.2 Å². The second-order valence-corrected chi connectivity index (χ2v) is 5.59. The third-order valence-corrected chi connectivity index (χ3v) is 3.86. The van der Waals surface area contributed by atoms with Gasteiger partial charge in [-0.25, -0.2) is 0 Å². The van der Waals surface area contributed by atoms with Crippen molar-refractivity contribution in [2.45, 2.75) is 32.7 Å². The van der Waals surface area contributed by atoms with Gasteiger partial charge in [-0.05, 0) is 50.0 Å². The summed E-state index contributed by atoms with van der Waals surface area (Å²) in [7, 11) is 0. The number of nitrogens with one attached hydrogen (secondary N) is 1. The van der Waals surface area contributed by atoms with E-state index >= 15 is 0 Å². The second-order valence-electron chi connectivity index (χ2n) is 5.59. The molecule has 1 fully saturated rings. The van der Waals surface area contributed by atoms with Crippen molar-refractivity contribution in [1.29, 1.82) is 0 Å². The van der Waals surface area contributed by atoms with Crippen LogP contribution < -0.4 is 11.1 Å². The maximum absolute atomic E-state index is 11.9. The minimum atomic E-state index is 0. The number of nitrogens with two attached hydrogens (primary N) is 1. The number of anilines is 1. The Morgan fingerprint density at radius 2 is 2.10 bits per heavy atom. The van der Waals surface area contributed by atoms with Gasteiger partial charge in [0.2, 0.25) is 5.91 Å². The molecule has 1 amide bonds. The maximum Gasteiger partial charge on any atom is 0.223 e. The number of amides is 1. The first kappa shape index (κ1) is 17.8. The second kappa shape index (κ2) is 8.90. The van der Waals surface area contributed by atoms with Gasteiger partial charge >= 0.3 is 0 Å². The average Bonchev–Trinajstić information content (AvgIpc) is 2.45. The number of hydrogen-bond acceptors (Lipinski definition) is 3. The molecule has 5 heteroatoms. The highest BCUT2D eigenvalue weighted by molar-refractivity contribution is 5.85. The lowest BCUT2D eigenvalue weighted by Crippen LogP contribution is -2.40.